The first-order valence-electron chi connectivity index (χ1n) is 8.32. The molecular weight excluding hydrogens is 304 g/mol. The number of furan rings is 1. The molecule has 24 heavy (non-hydrogen) atoms. The Hall–Kier alpha value is -2.56. The summed E-state index contributed by atoms with van der Waals surface area (Å²) in [6.45, 7) is 2.88. The lowest BCUT2D eigenvalue weighted by molar-refractivity contribution is -0.142. The van der Waals surface area contributed by atoms with Crippen molar-refractivity contribution in [2.24, 2.45) is 0 Å². The number of aryl methyl sites for hydroxylation is 1. The molecule has 126 valence electrons. The number of piperidine rings is 1. The molecule has 1 N–H and O–H groups in total. The van der Waals surface area contributed by atoms with Crippen LogP contribution < -0.4 is 5.32 Å². The zero-order chi connectivity index (χ0) is 16.9. The van der Waals surface area contributed by atoms with Gasteiger partial charge in [-0.15, -0.1) is 0 Å². The number of amides is 2. The Morgan fingerprint density at radius 3 is 2.71 bits per heavy atom. The van der Waals surface area contributed by atoms with Crippen LogP contribution in [-0.4, -0.2) is 23.3 Å². The highest BCUT2D eigenvalue weighted by Crippen LogP contribution is 2.26. The molecule has 1 aromatic heterocycles. The van der Waals surface area contributed by atoms with Crippen molar-refractivity contribution < 1.29 is 14.0 Å². The van der Waals surface area contributed by atoms with Crippen molar-refractivity contribution in [3.8, 4) is 0 Å². The molecule has 5 heteroatoms. The number of carbonyl (C=O) groups excluding carboxylic acids is 2. The van der Waals surface area contributed by atoms with E-state index in [9.17, 15) is 9.59 Å². The van der Waals surface area contributed by atoms with Crippen molar-refractivity contribution in [3.63, 3.8) is 0 Å². The molecule has 1 saturated heterocycles. The van der Waals surface area contributed by atoms with E-state index in [0.717, 1.165) is 29.7 Å². The van der Waals surface area contributed by atoms with Crippen molar-refractivity contribution in [1.82, 2.24) is 10.2 Å². The quantitative estimate of drug-likeness (QED) is 0.919. The maximum absolute atomic E-state index is 12.9. The van der Waals surface area contributed by atoms with E-state index < -0.39 is 6.04 Å². The van der Waals surface area contributed by atoms with E-state index in [4.69, 9.17) is 4.42 Å². The van der Waals surface area contributed by atoms with Gasteiger partial charge in [-0.2, -0.15) is 0 Å². The lowest BCUT2D eigenvalue weighted by Gasteiger charge is -2.34. The molecule has 5 nitrogen and oxygen atoms in total. The Morgan fingerprint density at radius 1 is 1.25 bits per heavy atom. The second-order valence-electron chi connectivity index (χ2n) is 6.08. The molecule has 1 aromatic carbocycles. The van der Waals surface area contributed by atoms with Gasteiger partial charge in [0.2, 0.25) is 11.8 Å². The number of rotatable bonds is 5. The van der Waals surface area contributed by atoms with E-state index >= 15 is 0 Å². The summed E-state index contributed by atoms with van der Waals surface area (Å²) in [5.41, 5.74) is 1.79. The van der Waals surface area contributed by atoms with Crippen LogP contribution in [0.25, 0.3) is 0 Å². The van der Waals surface area contributed by atoms with E-state index in [0.29, 0.717) is 19.5 Å². The van der Waals surface area contributed by atoms with Gasteiger partial charge in [-0.05, 0) is 31.4 Å². The normalized spacial score (nSPS) is 16.0. The Bertz CT molecular complexity index is 708. The zero-order valence-corrected chi connectivity index (χ0v) is 13.8. The smallest absolute Gasteiger partial charge is 0.247 e. The third-order valence-electron chi connectivity index (χ3n) is 4.45. The largest absolute Gasteiger partial charge is 0.469 e. The van der Waals surface area contributed by atoms with Crippen molar-refractivity contribution in [2.75, 3.05) is 6.54 Å². The molecule has 0 spiro atoms. The van der Waals surface area contributed by atoms with Crippen LogP contribution in [-0.2, 0) is 16.1 Å². The fourth-order valence-electron chi connectivity index (χ4n) is 3.08. The molecule has 0 radical (unpaired) electrons. The van der Waals surface area contributed by atoms with Crippen LogP contribution in [0.4, 0.5) is 0 Å². The molecular formula is C19H22N2O3. The van der Waals surface area contributed by atoms with Crippen LogP contribution in [0.2, 0.25) is 0 Å². The van der Waals surface area contributed by atoms with Gasteiger partial charge in [0, 0.05) is 25.1 Å². The van der Waals surface area contributed by atoms with E-state index in [1.54, 1.807) is 11.2 Å². The van der Waals surface area contributed by atoms with Gasteiger partial charge in [0.25, 0.3) is 0 Å². The summed E-state index contributed by atoms with van der Waals surface area (Å²) in [7, 11) is 0. The molecule has 1 aliphatic rings. The van der Waals surface area contributed by atoms with Gasteiger partial charge in [-0.3, -0.25) is 9.59 Å². The Morgan fingerprint density at radius 2 is 2.04 bits per heavy atom. The molecule has 3 rings (SSSR count). The highest BCUT2D eigenvalue weighted by atomic mass is 16.3. The van der Waals surface area contributed by atoms with Crippen molar-refractivity contribution in [3.05, 3.63) is 59.5 Å². The summed E-state index contributed by atoms with van der Waals surface area (Å²) in [5, 5.41) is 2.95. The predicted molar refractivity (Wildman–Crippen MR) is 90.0 cm³/mol. The maximum Gasteiger partial charge on any atom is 0.247 e. The Kier molecular flexibility index (Phi) is 4.99. The number of hydrogen-bond donors (Lipinski definition) is 1. The fourth-order valence-corrected chi connectivity index (χ4v) is 3.08. The Labute approximate surface area is 141 Å². The lowest BCUT2D eigenvalue weighted by atomic mass is 10.0. The second kappa shape index (κ2) is 7.34. The van der Waals surface area contributed by atoms with Crippen LogP contribution >= 0.6 is 0 Å². The Balaban J connectivity index is 1.80. The molecule has 0 saturated carbocycles. The molecule has 2 heterocycles. The average molecular weight is 326 g/mol. The second-order valence-corrected chi connectivity index (χ2v) is 6.08. The third-order valence-corrected chi connectivity index (χ3v) is 4.45. The van der Waals surface area contributed by atoms with Crippen LogP contribution in [0.15, 0.2) is 47.1 Å². The van der Waals surface area contributed by atoms with Gasteiger partial charge in [-0.1, -0.05) is 30.3 Å². The number of nitrogens with zero attached hydrogens (tertiary/aromatic N) is 1. The summed E-state index contributed by atoms with van der Waals surface area (Å²) in [6.07, 6.45) is 3.95. The van der Waals surface area contributed by atoms with E-state index in [1.807, 2.05) is 43.3 Å². The van der Waals surface area contributed by atoms with Crippen LogP contribution in [0.1, 0.15) is 42.2 Å². The van der Waals surface area contributed by atoms with Gasteiger partial charge in [0.15, 0.2) is 0 Å². The molecule has 1 unspecified atom stereocenters. The first kappa shape index (κ1) is 16.3. The van der Waals surface area contributed by atoms with Crippen molar-refractivity contribution in [2.45, 2.75) is 38.8 Å². The molecule has 1 fully saturated rings. The highest BCUT2D eigenvalue weighted by molar-refractivity contribution is 5.89. The van der Waals surface area contributed by atoms with Crippen LogP contribution in [0.5, 0.6) is 0 Å². The predicted octanol–water partition coefficient (Wildman–Crippen LogP) is 2.96. The topological polar surface area (TPSA) is 62.6 Å². The zero-order valence-electron chi connectivity index (χ0n) is 13.8. The van der Waals surface area contributed by atoms with E-state index in [-0.39, 0.29) is 11.8 Å². The lowest BCUT2D eigenvalue weighted by Crippen LogP contribution is -2.45. The van der Waals surface area contributed by atoms with Gasteiger partial charge in [0.05, 0.1) is 6.26 Å². The molecule has 1 atom stereocenters. The maximum atomic E-state index is 12.9. The molecule has 1 aliphatic heterocycles. The molecule has 0 aliphatic carbocycles. The molecule has 2 amide bonds. The van der Waals surface area contributed by atoms with Gasteiger partial charge >= 0.3 is 0 Å². The summed E-state index contributed by atoms with van der Waals surface area (Å²) < 4.78 is 5.26. The molecule has 0 bridgehead atoms. The first-order valence-corrected chi connectivity index (χ1v) is 8.32. The number of likely N-dealkylation sites (tertiary alicyclic amines) is 1. The van der Waals surface area contributed by atoms with E-state index in [2.05, 4.69) is 5.32 Å². The monoisotopic (exact) mass is 326 g/mol. The van der Waals surface area contributed by atoms with E-state index in [1.165, 1.54) is 0 Å². The summed E-state index contributed by atoms with van der Waals surface area (Å²) in [5.74, 6) is 0.683. The fraction of sp³-hybridized carbons (Fsp3) is 0.368. The van der Waals surface area contributed by atoms with Crippen molar-refractivity contribution >= 4 is 11.8 Å². The van der Waals surface area contributed by atoms with Gasteiger partial charge in [0.1, 0.15) is 11.8 Å². The minimum Gasteiger partial charge on any atom is -0.469 e. The number of hydrogen-bond acceptors (Lipinski definition) is 3. The first-order chi connectivity index (χ1) is 11.7. The minimum atomic E-state index is -0.578. The highest BCUT2D eigenvalue weighted by Gasteiger charge is 2.32. The third kappa shape index (κ3) is 3.50. The summed E-state index contributed by atoms with van der Waals surface area (Å²) in [6, 6.07) is 10.8. The number of benzene rings is 1. The van der Waals surface area contributed by atoms with Crippen LogP contribution in [0.3, 0.4) is 0 Å². The van der Waals surface area contributed by atoms with Gasteiger partial charge < -0.3 is 14.6 Å². The number of carbonyl (C=O) groups is 2. The van der Waals surface area contributed by atoms with Gasteiger partial charge in [-0.25, -0.2) is 0 Å². The average Bonchev–Trinajstić information content (AvgIpc) is 3.01. The number of nitrogens with one attached hydrogen (secondary N) is 1. The summed E-state index contributed by atoms with van der Waals surface area (Å²) in [4.78, 5) is 26.9. The molecule has 2 aromatic rings. The van der Waals surface area contributed by atoms with Crippen molar-refractivity contribution in [1.29, 1.82) is 0 Å². The standard InChI is InChI=1S/C19H22N2O3/c1-14-16(10-12-24-14)13-20-19(23)18(15-7-3-2-4-8-15)21-11-6-5-9-17(21)22/h2-4,7-8,10,12,18H,5-6,9,11,13H2,1H3,(H,20,23). The van der Waals surface area contributed by atoms with Crippen LogP contribution in [0, 0.1) is 6.92 Å². The SMILES string of the molecule is Cc1occc1CNC(=O)C(c1ccccc1)N1CCCCC1=O. The summed E-state index contributed by atoms with van der Waals surface area (Å²) >= 11 is 0. The minimum absolute atomic E-state index is 0.0461.